The van der Waals surface area contributed by atoms with Crippen molar-refractivity contribution in [2.45, 2.75) is 45.7 Å². The topological polar surface area (TPSA) is 96.3 Å². The lowest BCUT2D eigenvalue weighted by Gasteiger charge is -2.14. The van der Waals surface area contributed by atoms with Crippen LogP contribution in [0.1, 0.15) is 37.9 Å². The fourth-order valence-corrected chi connectivity index (χ4v) is 1.96. The Labute approximate surface area is 118 Å². The van der Waals surface area contributed by atoms with Crippen LogP contribution in [0.2, 0.25) is 0 Å². The maximum atomic E-state index is 11.7. The summed E-state index contributed by atoms with van der Waals surface area (Å²) in [5.74, 6) is -1.02. The summed E-state index contributed by atoms with van der Waals surface area (Å²) >= 11 is 0. The van der Waals surface area contributed by atoms with Gasteiger partial charge in [0.15, 0.2) is 0 Å². The van der Waals surface area contributed by atoms with Crippen LogP contribution >= 0.6 is 0 Å². The van der Waals surface area contributed by atoms with Crippen LogP contribution in [-0.2, 0) is 24.8 Å². The summed E-state index contributed by atoms with van der Waals surface area (Å²) in [5.41, 5.74) is 1.86. The molecule has 2 amide bonds. The second-order valence-electron chi connectivity index (χ2n) is 4.63. The lowest BCUT2D eigenvalue weighted by atomic mass is 10.2. The molecule has 0 aliphatic heterocycles. The van der Waals surface area contributed by atoms with Crippen molar-refractivity contribution in [1.29, 1.82) is 0 Å². The van der Waals surface area contributed by atoms with Crippen molar-refractivity contribution in [3.63, 3.8) is 0 Å². The van der Waals surface area contributed by atoms with E-state index in [1.54, 1.807) is 4.68 Å². The van der Waals surface area contributed by atoms with E-state index in [1.165, 1.54) is 0 Å². The van der Waals surface area contributed by atoms with E-state index in [9.17, 15) is 9.59 Å². The Balaban J connectivity index is 2.52. The minimum Gasteiger partial charge on any atom is -0.480 e. The van der Waals surface area contributed by atoms with Crippen LogP contribution in [-0.4, -0.2) is 32.9 Å². The summed E-state index contributed by atoms with van der Waals surface area (Å²) in [6, 6.07) is -1.32. The minimum atomic E-state index is -1.02. The normalized spacial score (nSPS) is 11.9. The predicted octanol–water partition coefficient (Wildman–Crippen LogP) is 1.03. The second kappa shape index (κ2) is 7.52. The van der Waals surface area contributed by atoms with Gasteiger partial charge in [0.2, 0.25) is 0 Å². The van der Waals surface area contributed by atoms with Gasteiger partial charge in [0.25, 0.3) is 0 Å². The van der Waals surface area contributed by atoms with Crippen molar-refractivity contribution in [2.24, 2.45) is 7.05 Å². The molecule has 0 bridgehead atoms. The lowest BCUT2D eigenvalue weighted by molar-refractivity contribution is -0.139. The fraction of sp³-hybridized carbons (Fsp3) is 0.615. The largest absolute Gasteiger partial charge is 0.480 e. The van der Waals surface area contributed by atoms with Crippen LogP contribution in [0.4, 0.5) is 4.79 Å². The van der Waals surface area contributed by atoms with Crippen molar-refractivity contribution in [2.75, 3.05) is 0 Å². The van der Waals surface area contributed by atoms with E-state index < -0.39 is 18.0 Å². The summed E-state index contributed by atoms with van der Waals surface area (Å²) in [4.78, 5) is 22.6. The number of amides is 2. The van der Waals surface area contributed by atoms with Gasteiger partial charge in [0, 0.05) is 25.4 Å². The van der Waals surface area contributed by atoms with E-state index in [0.717, 1.165) is 17.7 Å². The average Bonchev–Trinajstić information content (AvgIpc) is 2.76. The molecule has 1 heterocycles. The molecule has 112 valence electrons. The number of aryl methyl sites for hydroxylation is 2. The number of carbonyl (C=O) groups is 2. The Morgan fingerprint density at radius 2 is 2.15 bits per heavy atom. The maximum absolute atomic E-state index is 11.7. The number of carbonyl (C=O) groups excluding carboxylic acids is 1. The van der Waals surface area contributed by atoms with Crippen LogP contribution in [0.15, 0.2) is 6.20 Å². The van der Waals surface area contributed by atoms with Crippen LogP contribution in [0.3, 0.4) is 0 Å². The molecule has 3 N–H and O–H groups in total. The summed E-state index contributed by atoms with van der Waals surface area (Å²) in [6.07, 6.45) is 3.74. The first-order chi connectivity index (χ1) is 9.47. The van der Waals surface area contributed by atoms with E-state index in [1.807, 2.05) is 27.1 Å². The maximum Gasteiger partial charge on any atom is 0.326 e. The summed E-state index contributed by atoms with van der Waals surface area (Å²) in [5, 5.41) is 18.4. The first-order valence-corrected chi connectivity index (χ1v) is 6.76. The molecular weight excluding hydrogens is 260 g/mol. The Hall–Kier alpha value is -2.05. The number of nitrogens with zero attached hydrogens (tertiary/aromatic N) is 2. The molecule has 0 aliphatic carbocycles. The number of nitrogens with one attached hydrogen (secondary N) is 2. The molecule has 20 heavy (non-hydrogen) atoms. The number of carboxylic acid groups (broad SMARTS) is 1. The molecule has 0 spiro atoms. The van der Waals surface area contributed by atoms with E-state index in [-0.39, 0.29) is 0 Å². The van der Waals surface area contributed by atoms with Gasteiger partial charge in [0.1, 0.15) is 6.04 Å². The SMILES string of the molecule is CCC[C@H](NC(=O)NCc1cn(C)nc1CC)C(=O)O. The molecule has 0 aliphatic rings. The molecule has 1 aromatic heterocycles. The third kappa shape index (κ3) is 4.56. The van der Waals surface area contributed by atoms with Gasteiger partial charge < -0.3 is 15.7 Å². The van der Waals surface area contributed by atoms with E-state index in [0.29, 0.717) is 19.4 Å². The molecule has 7 heteroatoms. The molecule has 1 rings (SSSR count). The standard InChI is InChI=1S/C13H22N4O3/c1-4-6-11(12(18)19)15-13(20)14-7-9-8-17(3)16-10(9)5-2/h8,11H,4-7H2,1-3H3,(H,18,19)(H2,14,15,20)/t11-/m0/s1. The zero-order valence-electron chi connectivity index (χ0n) is 12.1. The third-order valence-electron chi connectivity index (χ3n) is 2.95. The molecular formula is C13H22N4O3. The molecule has 0 saturated heterocycles. The number of rotatable bonds is 7. The number of hydrogen-bond acceptors (Lipinski definition) is 3. The van der Waals surface area contributed by atoms with Gasteiger partial charge in [0.05, 0.1) is 5.69 Å². The summed E-state index contributed by atoms with van der Waals surface area (Å²) in [7, 11) is 1.82. The van der Waals surface area contributed by atoms with Crippen molar-refractivity contribution in [3.05, 3.63) is 17.5 Å². The summed E-state index contributed by atoms with van der Waals surface area (Å²) in [6.45, 7) is 4.20. The molecule has 7 nitrogen and oxygen atoms in total. The highest BCUT2D eigenvalue weighted by Crippen LogP contribution is 2.06. The van der Waals surface area contributed by atoms with E-state index >= 15 is 0 Å². The Morgan fingerprint density at radius 3 is 2.70 bits per heavy atom. The molecule has 0 fully saturated rings. The Bertz CT molecular complexity index is 470. The van der Waals surface area contributed by atoms with Crippen molar-refractivity contribution in [1.82, 2.24) is 20.4 Å². The van der Waals surface area contributed by atoms with Crippen LogP contribution in [0, 0.1) is 0 Å². The Morgan fingerprint density at radius 1 is 1.45 bits per heavy atom. The van der Waals surface area contributed by atoms with Gasteiger partial charge >= 0.3 is 12.0 Å². The van der Waals surface area contributed by atoms with E-state index in [2.05, 4.69) is 15.7 Å². The second-order valence-corrected chi connectivity index (χ2v) is 4.63. The highest BCUT2D eigenvalue weighted by Gasteiger charge is 2.18. The molecule has 0 aromatic carbocycles. The number of hydrogen-bond donors (Lipinski definition) is 3. The quantitative estimate of drug-likeness (QED) is 0.696. The van der Waals surface area contributed by atoms with Crippen LogP contribution in [0.5, 0.6) is 0 Å². The van der Waals surface area contributed by atoms with Crippen molar-refractivity contribution in [3.8, 4) is 0 Å². The highest BCUT2D eigenvalue weighted by atomic mass is 16.4. The minimum absolute atomic E-state index is 0.335. The van der Waals surface area contributed by atoms with Gasteiger partial charge in [-0.1, -0.05) is 20.3 Å². The molecule has 0 radical (unpaired) electrons. The average molecular weight is 282 g/mol. The molecule has 0 unspecified atom stereocenters. The highest BCUT2D eigenvalue weighted by molar-refractivity contribution is 5.82. The first-order valence-electron chi connectivity index (χ1n) is 6.76. The van der Waals surface area contributed by atoms with Gasteiger partial charge in [-0.2, -0.15) is 5.10 Å². The number of carboxylic acids is 1. The van der Waals surface area contributed by atoms with Crippen LogP contribution in [0.25, 0.3) is 0 Å². The number of urea groups is 1. The van der Waals surface area contributed by atoms with Crippen LogP contribution < -0.4 is 10.6 Å². The van der Waals surface area contributed by atoms with Gasteiger partial charge in [-0.25, -0.2) is 9.59 Å². The fourth-order valence-electron chi connectivity index (χ4n) is 1.96. The molecule has 1 atom stereocenters. The van der Waals surface area contributed by atoms with Gasteiger partial charge in [-0.3, -0.25) is 4.68 Å². The third-order valence-corrected chi connectivity index (χ3v) is 2.95. The zero-order valence-corrected chi connectivity index (χ0v) is 12.1. The zero-order chi connectivity index (χ0) is 15.1. The molecule has 1 aromatic rings. The molecule has 0 saturated carbocycles. The monoisotopic (exact) mass is 282 g/mol. The van der Waals surface area contributed by atoms with Gasteiger partial charge in [-0.05, 0) is 12.8 Å². The number of aliphatic carboxylic acids is 1. The van der Waals surface area contributed by atoms with Gasteiger partial charge in [-0.15, -0.1) is 0 Å². The Kier molecular flexibility index (Phi) is 6.02. The van der Waals surface area contributed by atoms with E-state index in [4.69, 9.17) is 5.11 Å². The van der Waals surface area contributed by atoms with Crippen molar-refractivity contribution >= 4 is 12.0 Å². The lowest BCUT2D eigenvalue weighted by Crippen LogP contribution is -2.45. The van der Waals surface area contributed by atoms with Crippen molar-refractivity contribution < 1.29 is 14.7 Å². The summed E-state index contributed by atoms with van der Waals surface area (Å²) < 4.78 is 1.70. The predicted molar refractivity (Wildman–Crippen MR) is 74.3 cm³/mol. The number of aromatic nitrogens is 2. The first kappa shape index (κ1) is 16.0. The smallest absolute Gasteiger partial charge is 0.326 e.